The molecule has 19 heavy (non-hydrogen) atoms. The number of nitrogens with one attached hydrogen (secondary N) is 1. The Morgan fingerprint density at radius 3 is 2.53 bits per heavy atom. The van der Waals surface area contributed by atoms with E-state index in [-0.39, 0.29) is 11.9 Å². The largest absolute Gasteiger partial charge is 0.313 e. The topological polar surface area (TPSA) is 12.0 Å². The summed E-state index contributed by atoms with van der Waals surface area (Å²) in [5.41, 5.74) is 2.42. The van der Waals surface area contributed by atoms with E-state index in [2.05, 4.69) is 45.5 Å². The monoisotopic (exact) mass is 321 g/mol. The van der Waals surface area contributed by atoms with Crippen LogP contribution in [0, 0.1) is 5.82 Å². The summed E-state index contributed by atoms with van der Waals surface area (Å²) in [5.74, 6) is -0.214. The molecule has 100 valence electrons. The van der Waals surface area contributed by atoms with Crippen LogP contribution in [0.3, 0.4) is 0 Å². The SMILES string of the molecule is CNC(CCc1ccccc1)c1ccc(F)cc1Br. The van der Waals surface area contributed by atoms with Crippen molar-refractivity contribution in [3.8, 4) is 0 Å². The van der Waals surface area contributed by atoms with Crippen molar-refractivity contribution in [2.24, 2.45) is 0 Å². The van der Waals surface area contributed by atoms with Crippen LogP contribution in [0.5, 0.6) is 0 Å². The average Bonchev–Trinajstić information content (AvgIpc) is 2.42. The van der Waals surface area contributed by atoms with Crippen molar-refractivity contribution in [3.05, 3.63) is 69.9 Å². The Morgan fingerprint density at radius 2 is 1.89 bits per heavy atom. The number of benzene rings is 2. The van der Waals surface area contributed by atoms with Gasteiger partial charge in [-0.3, -0.25) is 0 Å². The van der Waals surface area contributed by atoms with Crippen molar-refractivity contribution in [1.82, 2.24) is 5.32 Å². The maximum absolute atomic E-state index is 13.1. The first kappa shape index (κ1) is 14.2. The molecular formula is C16H17BrFN. The standard InChI is InChI=1S/C16H17BrFN/c1-19-16(10-7-12-5-3-2-4-6-12)14-9-8-13(18)11-15(14)17/h2-6,8-9,11,16,19H,7,10H2,1H3. The van der Waals surface area contributed by atoms with Crippen LogP contribution in [0.25, 0.3) is 0 Å². The molecule has 0 aliphatic carbocycles. The van der Waals surface area contributed by atoms with Gasteiger partial charge in [-0.1, -0.05) is 52.3 Å². The molecule has 0 saturated carbocycles. The maximum atomic E-state index is 13.1. The molecular weight excluding hydrogens is 305 g/mol. The maximum Gasteiger partial charge on any atom is 0.124 e. The van der Waals surface area contributed by atoms with Crippen LogP contribution >= 0.6 is 15.9 Å². The summed E-state index contributed by atoms with van der Waals surface area (Å²) in [6, 6.07) is 15.5. The highest BCUT2D eigenvalue weighted by Crippen LogP contribution is 2.27. The van der Waals surface area contributed by atoms with E-state index in [1.807, 2.05) is 19.2 Å². The van der Waals surface area contributed by atoms with E-state index in [1.54, 1.807) is 0 Å². The van der Waals surface area contributed by atoms with Crippen LogP contribution in [0.15, 0.2) is 53.0 Å². The lowest BCUT2D eigenvalue weighted by Gasteiger charge is -2.18. The van der Waals surface area contributed by atoms with Crippen molar-refractivity contribution in [1.29, 1.82) is 0 Å². The second kappa shape index (κ2) is 6.83. The van der Waals surface area contributed by atoms with Gasteiger partial charge < -0.3 is 5.32 Å². The molecule has 1 unspecified atom stereocenters. The van der Waals surface area contributed by atoms with Crippen molar-refractivity contribution >= 4 is 15.9 Å². The van der Waals surface area contributed by atoms with Crippen LogP contribution in [0.1, 0.15) is 23.6 Å². The molecule has 0 radical (unpaired) electrons. The van der Waals surface area contributed by atoms with Gasteiger partial charge >= 0.3 is 0 Å². The Bertz CT molecular complexity index is 528. The molecule has 0 heterocycles. The lowest BCUT2D eigenvalue weighted by atomic mass is 9.99. The number of halogens is 2. The molecule has 2 aromatic carbocycles. The molecule has 1 nitrogen and oxygen atoms in total. The molecule has 3 heteroatoms. The molecule has 0 saturated heterocycles. The first-order chi connectivity index (χ1) is 9.20. The van der Waals surface area contributed by atoms with E-state index in [9.17, 15) is 4.39 Å². The second-order valence-corrected chi connectivity index (χ2v) is 5.39. The second-order valence-electron chi connectivity index (χ2n) is 4.53. The summed E-state index contributed by atoms with van der Waals surface area (Å²) in [4.78, 5) is 0. The Kier molecular flexibility index (Phi) is 5.11. The van der Waals surface area contributed by atoms with Crippen molar-refractivity contribution in [2.75, 3.05) is 7.05 Å². The Hall–Kier alpha value is -1.19. The van der Waals surface area contributed by atoms with Gasteiger partial charge in [0.1, 0.15) is 5.82 Å². The fourth-order valence-corrected chi connectivity index (χ4v) is 2.82. The molecule has 2 rings (SSSR count). The minimum absolute atomic E-state index is 0.214. The summed E-state index contributed by atoms with van der Waals surface area (Å²) in [5, 5.41) is 3.30. The minimum atomic E-state index is -0.214. The third kappa shape index (κ3) is 3.88. The first-order valence-electron chi connectivity index (χ1n) is 6.37. The van der Waals surface area contributed by atoms with E-state index in [0.29, 0.717) is 0 Å². The van der Waals surface area contributed by atoms with Gasteiger partial charge in [0.25, 0.3) is 0 Å². The molecule has 2 aromatic rings. The van der Waals surface area contributed by atoms with Gasteiger partial charge in [-0.2, -0.15) is 0 Å². The molecule has 0 bridgehead atoms. The summed E-state index contributed by atoms with van der Waals surface area (Å²) < 4.78 is 13.9. The fraction of sp³-hybridized carbons (Fsp3) is 0.250. The van der Waals surface area contributed by atoms with E-state index in [0.717, 1.165) is 22.9 Å². The average molecular weight is 322 g/mol. The summed E-state index contributed by atoms with van der Waals surface area (Å²) in [6.45, 7) is 0. The lowest BCUT2D eigenvalue weighted by Crippen LogP contribution is -2.17. The van der Waals surface area contributed by atoms with E-state index in [1.165, 1.54) is 17.7 Å². The third-order valence-electron chi connectivity index (χ3n) is 3.25. The molecule has 0 amide bonds. The van der Waals surface area contributed by atoms with Gasteiger partial charge in [-0.05, 0) is 43.1 Å². The van der Waals surface area contributed by atoms with Crippen LogP contribution in [0.4, 0.5) is 4.39 Å². The van der Waals surface area contributed by atoms with Crippen LogP contribution < -0.4 is 5.32 Å². The van der Waals surface area contributed by atoms with Crippen LogP contribution in [-0.4, -0.2) is 7.05 Å². The van der Waals surface area contributed by atoms with Crippen molar-refractivity contribution in [2.45, 2.75) is 18.9 Å². The van der Waals surface area contributed by atoms with E-state index >= 15 is 0 Å². The van der Waals surface area contributed by atoms with Gasteiger partial charge in [0.15, 0.2) is 0 Å². The Balaban J connectivity index is 2.08. The normalized spacial score (nSPS) is 12.4. The number of hydrogen-bond donors (Lipinski definition) is 1. The molecule has 1 N–H and O–H groups in total. The molecule has 0 aliphatic heterocycles. The zero-order valence-corrected chi connectivity index (χ0v) is 12.5. The van der Waals surface area contributed by atoms with Gasteiger partial charge in [0.05, 0.1) is 0 Å². The zero-order valence-electron chi connectivity index (χ0n) is 10.9. The summed E-state index contributed by atoms with van der Waals surface area (Å²) in [7, 11) is 1.94. The van der Waals surface area contributed by atoms with E-state index in [4.69, 9.17) is 0 Å². The van der Waals surface area contributed by atoms with Gasteiger partial charge in [-0.25, -0.2) is 4.39 Å². The van der Waals surface area contributed by atoms with Crippen molar-refractivity contribution in [3.63, 3.8) is 0 Å². The molecule has 0 aromatic heterocycles. The van der Waals surface area contributed by atoms with E-state index < -0.39 is 0 Å². The fourth-order valence-electron chi connectivity index (χ4n) is 2.20. The van der Waals surface area contributed by atoms with Crippen LogP contribution in [-0.2, 0) is 6.42 Å². The summed E-state index contributed by atoms with van der Waals surface area (Å²) in [6.07, 6.45) is 1.97. The minimum Gasteiger partial charge on any atom is -0.313 e. The number of hydrogen-bond acceptors (Lipinski definition) is 1. The van der Waals surface area contributed by atoms with Gasteiger partial charge in [0.2, 0.25) is 0 Å². The highest BCUT2D eigenvalue weighted by atomic mass is 79.9. The highest BCUT2D eigenvalue weighted by molar-refractivity contribution is 9.10. The smallest absolute Gasteiger partial charge is 0.124 e. The van der Waals surface area contributed by atoms with Gasteiger partial charge in [0, 0.05) is 10.5 Å². The predicted octanol–water partition coefficient (Wildman–Crippen LogP) is 4.48. The number of rotatable bonds is 5. The Labute approximate surface area is 122 Å². The third-order valence-corrected chi connectivity index (χ3v) is 3.94. The molecule has 1 atom stereocenters. The predicted molar refractivity (Wildman–Crippen MR) is 80.7 cm³/mol. The number of aryl methyl sites for hydroxylation is 1. The quantitative estimate of drug-likeness (QED) is 0.856. The molecule has 0 fully saturated rings. The zero-order chi connectivity index (χ0) is 13.7. The molecule has 0 spiro atoms. The first-order valence-corrected chi connectivity index (χ1v) is 7.16. The Morgan fingerprint density at radius 1 is 1.16 bits per heavy atom. The highest BCUT2D eigenvalue weighted by Gasteiger charge is 2.13. The lowest BCUT2D eigenvalue weighted by molar-refractivity contribution is 0.544. The van der Waals surface area contributed by atoms with Gasteiger partial charge in [-0.15, -0.1) is 0 Å². The van der Waals surface area contributed by atoms with Crippen LogP contribution in [0.2, 0.25) is 0 Å². The van der Waals surface area contributed by atoms with Crippen molar-refractivity contribution < 1.29 is 4.39 Å². The summed E-state index contributed by atoms with van der Waals surface area (Å²) >= 11 is 3.43. The molecule has 0 aliphatic rings.